The molecule has 216 valence electrons. The van der Waals surface area contributed by atoms with Crippen molar-refractivity contribution in [3.63, 3.8) is 0 Å². The normalized spacial score (nSPS) is 14.9. The number of hydrogen-bond acceptors (Lipinski definition) is 6. The molecule has 2 aromatic carbocycles. The number of nitrogens with zero attached hydrogens (tertiary/aromatic N) is 4. The van der Waals surface area contributed by atoms with Crippen LogP contribution in [-0.2, 0) is 16.4 Å². The fourth-order valence-electron chi connectivity index (χ4n) is 5.25. The van der Waals surface area contributed by atoms with Gasteiger partial charge in [0.05, 0.1) is 28.8 Å². The van der Waals surface area contributed by atoms with Crippen molar-refractivity contribution in [3.8, 4) is 23.1 Å². The number of piperidine rings is 1. The van der Waals surface area contributed by atoms with Crippen LogP contribution in [0.1, 0.15) is 36.5 Å². The summed E-state index contributed by atoms with van der Waals surface area (Å²) in [4.78, 5) is 22.0. The summed E-state index contributed by atoms with van der Waals surface area (Å²) in [6.07, 6.45) is -1.98. The van der Waals surface area contributed by atoms with Crippen LogP contribution in [-0.4, -0.2) is 62.7 Å². The Balaban J connectivity index is 1.63. The lowest BCUT2D eigenvalue weighted by Crippen LogP contribution is -2.52. The number of hydrogen-bond donors (Lipinski definition) is 1. The number of carbonyl (C=O) groups excluding carboxylic acids is 1. The van der Waals surface area contributed by atoms with Gasteiger partial charge in [-0.1, -0.05) is 24.3 Å². The topological polar surface area (TPSA) is 81.5 Å². The van der Waals surface area contributed by atoms with Crippen LogP contribution >= 0.6 is 0 Å². The van der Waals surface area contributed by atoms with Crippen molar-refractivity contribution < 1.29 is 22.7 Å². The van der Waals surface area contributed by atoms with Crippen LogP contribution in [0.15, 0.2) is 60.8 Å². The maximum absolute atomic E-state index is 13.8. The number of ether oxygens (including phenoxy) is 1. The smallest absolute Gasteiger partial charge is 0.416 e. The highest BCUT2D eigenvalue weighted by Gasteiger charge is 2.43. The molecule has 1 aliphatic heterocycles. The second kappa shape index (κ2) is 12.6. The lowest BCUT2D eigenvalue weighted by molar-refractivity contribution is -0.137. The van der Waals surface area contributed by atoms with Crippen LogP contribution in [0.4, 0.5) is 18.9 Å². The molecule has 1 N–H and O–H groups in total. The summed E-state index contributed by atoms with van der Waals surface area (Å²) in [7, 11) is 3.87. The molecule has 1 saturated heterocycles. The van der Waals surface area contributed by atoms with Crippen LogP contribution in [0, 0.1) is 11.3 Å². The average Bonchev–Trinajstić information content (AvgIpc) is 2.97. The maximum Gasteiger partial charge on any atom is 0.416 e. The molecule has 0 aliphatic carbocycles. The Morgan fingerprint density at radius 1 is 1.15 bits per heavy atom. The van der Waals surface area contributed by atoms with Crippen LogP contribution in [0.25, 0.3) is 11.1 Å². The molecule has 0 unspecified atom stereocenters. The number of carbonyl (C=O) groups is 1. The van der Waals surface area contributed by atoms with Crippen LogP contribution in [0.2, 0.25) is 0 Å². The van der Waals surface area contributed by atoms with Crippen molar-refractivity contribution in [2.24, 2.45) is 0 Å². The maximum atomic E-state index is 13.8. The molecular weight excluding hydrogens is 531 g/mol. The Hall–Kier alpha value is -4.10. The Morgan fingerprint density at radius 3 is 2.46 bits per heavy atom. The molecular formula is C31H34F3N5O2. The molecule has 0 atom stereocenters. The first-order valence-corrected chi connectivity index (χ1v) is 13.6. The summed E-state index contributed by atoms with van der Waals surface area (Å²) in [5.74, 6) is 0.452. The summed E-state index contributed by atoms with van der Waals surface area (Å²) >= 11 is 0. The SMILES string of the molecule is CCOc1ncccc1-c1ccc(C2(C(=O)NCCN(C)C)CCN(c3ccc(C(F)(F)F)cc3C#N)CC2)cc1. The summed E-state index contributed by atoms with van der Waals surface area (Å²) in [5.41, 5.74) is 1.34. The van der Waals surface area contributed by atoms with Crippen molar-refractivity contribution in [2.75, 3.05) is 51.8 Å². The van der Waals surface area contributed by atoms with Crippen LogP contribution < -0.4 is 15.0 Å². The van der Waals surface area contributed by atoms with E-state index in [2.05, 4.69) is 10.3 Å². The quantitative estimate of drug-likeness (QED) is 0.382. The van der Waals surface area contributed by atoms with Gasteiger partial charge in [-0.15, -0.1) is 0 Å². The fourth-order valence-corrected chi connectivity index (χ4v) is 5.25. The standard InChI is InChI=1S/C31H34F3N5O2/c1-4-41-28-26(6-5-15-36-28)22-7-9-24(10-8-22)30(29(40)37-16-19-38(2)3)13-17-39(18-14-30)27-12-11-25(31(32,33)34)20-23(27)21-35/h5-12,15,20H,4,13-14,16-19H2,1-3H3,(H,37,40). The Kier molecular flexibility index (Phi) is 9.18. The number of nitriles is 1. The molecule has 1 aromatic heterocycles. The van der Waals surface area contributed by atoms with Gasteiger partial charge >= 0.3 is 6.18 Å². The van der Waals surface area contributed by atoms with Crippen molar-refractivity contribution in [3.05, 3.63) is 77.5 Å². The Morgan fingerprint density at radius 2 is 1.85 bits per heavy atom. The largest absolute Gasteiger partial charge is 0.478 e. The minimum atomic E-state index is -4.53. The number of halogens is 3. The number of amides is 1. The molecule has 1 amide bonds. The van der Waals surface area contributed by atoms with Gasteiger partial charge in [-0.3, -0.25) is 4.79 Å². The van der Waals surface area contributed by atoms with E-state index in [9.17, 15) is 23.2 Å². The number of benzene rings is 2. The van der Waals surface area contributed by atoms with E-state index in [1.54, 1.807) is 6.20 Å². The zero-order valence-corrected chi connectivity index (χ0v) is 23.5. The fraction of sp³-hybridized carbons (Fsp3) is 0.387. The molecule has 2 heterocycles. The van der Waals surface area contributed by atoms with Gasteiger partial charge in [0.2, 0.25) is 11.8 Å². The van der Waals surface area contributed by atoms with E-state index in [-0.39, 0.29) is 11.5 Å². The van der Waals surface area contributed by atoms with Gasteiger partial charge in [0, 0.05) is 37.9 Å². The minimum absolute atomic E-state index is 0.0336. The number of rotatable bonds is 9. The van der Waals surface area contributed by atoms with Gasteiger partial charge < -0.3 is 19.9 Å². The van der Waals surface area contributed by atoms with E-state index in [1.165, 1.54) is 6.07 Å². The molecule has 0 spiro atoms. The van der Waals surface area contributed by atoms with Gasteiger partial charge in [-0.25, -0.2) is 4.98 Å². The molecule has 0 saturated carbocycles. The molecule has 1 fully saturated rings. The predicted molar refractivity (Wildman–Crippen MR) is 152 cm³/mol. The van der Waals surface area contributed by atoms with Crippen molar-refractivity contribution >= 4 is 11.6 Å². The highest BCUT2D eigenvalue weighted by atomic mass is 19.4. The third kappa shape index (κ3) is 6.63. The molecule has 0 bridgehead atoms. The van der Waals surface area contributed by atoms with E-state index in [1.807, 2.05) is 73.3 Å². The molecule has 1 aliphatic rings. The van der Waals surface area contributed by atoms with Crippen molar-refractivity contribution in [2.45, 2.75) is 31.4 Å². The molecule has 4 rings (SSSR count). The summed E-state index contributed by atoms with van der Waals surface area (Å²) in [5, 5.41) is 12.7. The highest BCUT2D eigenvalue weighted by molar-refractivity contribution is 5.89. The minimum Gasteiger partial charge on any atom is -0.478 e. The Labute approximate surface area is 238 Å². The number of anilines is 1. The average molecular weight is 566 g/mol. The number of aromatic nitrogens is 1. The third-order valence-electron chi connectivity index (χ3n) is 7.48. The summed E-state index contributed by atoms with van der Waals surface area (Å²) in [6, 6.07) is 16.8. The molecule has 10 heteroatoms. The molecule has 7 nitrogen and oxygen atoms in total. The first-order valence-electron chi connectivity index (χ1n) is 13.6. The predicted octanol–water partition coefficient (Wildman–Crippen LogP) is 5.25. The molecule has 0 radical (unpaired) electrons. The number of likely N-dealkylation sites (N-methyl/N-ethyl adjacent to an activating group) is 1. The Bertz CT molecular complexity index is 1390. The van der Waals surface area contributed by atoms with E-state index in [0.717, 1.165) is 28.8 Å². The van der Waals surface area contributed by atoms with Crippen molar-refractivity contribution in [1.82, 2.24) is 15.2 Å². The zero-order chi connectivity index (χ0) is 29.6. The zero-order valence-electron chi connectivity index (χ0n) is 23.5. The number of pyridine rings is 1. The monoisotopic (exact) mass is 565 g/mol. The summed E-state index contributed by atoms with van der Waals surface area (Å²) < 4.78 is 45.4. The highest BCUT2D eigenvalue weighted by Crippen LogP contribution is 2.40. The van der Waals surface area contributed by atoms with E-state index >= 15 is 0 Å². The first kappa shape index (κ1) is 29.9. The van der Waals surface area contributed by atoms with Gasteiger partial charge in [0.15, 0.2) is 0 Å². The van der Waals surface area contributed by atoms with E-state index in [0.29, 0.717) is 57.2 Å². The van der Waals surface area contributed by atoms with Gasteiger partial charge in [0.1, 0.15) is 6.07 Å². The lowest BCUT2D eigenvalue weighted by atomic mass is 9.71. The second-order valence-electron chi connectivity index (χ2n) is 10.3. The number of alkyl halides is 3. The van der Waals surface area contributed by atoms with Crippen LogP contribution in [0.5, 0.6) is 5.88 Å². The molecule has 3 aromatic rings. The van der Waals surface area contributed by atoms with Gasteiger partial charge in [-0.2, -0.15) is 18.4 Å². The van der Waals surface area contributed by atoms with E-state index < -0.39 is 17.2 Å². The lowest BCUT2D eigenvalue weighted by Gasteiger charge is -2.42. The third-order valence-corrected chi connectivity index (χ3v) is 7.48. The van der Waals surface area contributed by atoms with Crippen molar-refractivity contribution in [1.29, 1.82) is 5.26 Å². The van der Waals surface area contributed by atoms with Gasteiger partial charge in [-0.05, 0) is 75.3 Å². The van der Waals surface area contributed by atoms with E-state index in [4.69, 9.17) is 4.74 Å². The van der Waals surface area contributed by atoms with Crippen LogP contribution in [0.3, 0.4) is 0 Å². The number of nitrogens with one attached hydrogen (secondary N) is 1. The first-order chi connectivity index (χ1) is 19.6. The van der Waals surface area contributed by atoms with Gasteiger partial charge in [0.25, 0.3) is 0 Å². The second-order valence-corrected chi connectivity index (χ2v) is 10.3. The summed E-state index contributed by atoms with van der Waals surface area (Å²) in [6.45, 7) is 4.36. The molecule has 41 heavy (non-hydrogen) atoms.